The molecule has 0 aromatic heterocycles. The number of carbonyl (C=O) groups is 1. The Morgan fingerprint density at radius 3 is 2.39 bits per heavy atom. The van der Waals surface area contributed by atoms with E-state index in [1.165, 1.54) is 16.8 Å². The summed E-state index contributed by atoms with van der Waals surface area (Å²) in [7, 11) is 0. The van der Waals surface area contributed by atoms with Gasteiger partial charge in [0.15, 0.2) is 0 Å². The second-order valence-electron chi connectivity index (χ2n) is 8.07. The van der Waals surface area contributed by atoms with Gasteiger partial charge in [-0.25, -0.2) is 4.79 Å². The number of anilines is 1. The summed E-state index contributed by atoms with van der Waals surface area (Å²) in [6.45, 7) is 1.81. The molecular formula is C28H22BrNO3. The minimum Gasteiger partial charge on any atom is -0.478 e. The van der Waals surface area contributed by atoms with Crippen molar-refractivity contribution in [2.24, 2.45) is 0 Å². The van der Waals surface area contributed by atoms with Crippen molar-refractivity contribution in [2.75, 3.05) is 11.4 Å². The van der Waals surface area contributed by atoms with Crippen LogP contribution in [0, 0.1) is 0 Å². The highest BCUT2D eigenvalue weighted by Gasteiger charge is 2.20. The first-order valence-electron chi connectivity index (χ1n) is 10.8. The number of aromatic carboxylic acids is 1. The van der Waals surface area contributed by atoms with Crippen molar-refractivity contribution in [3.05, 3.63) is 112 Å². The lowest BCUT2D eigenvalue weighted by atomic mass is 10.0. The first kappa shape index (κ1) is 21.3. The fourth-order valence-electron chi connectivity index (χ4n) is 4.19. The number of ether oxygens (including phenoxy) is 1. The number of carboxylic acids is 1. The fourth-order valence-corrected chi connectivity index (χ4v) is 4.80. The summed E-state index contributed by atoms with van der Waals surface area (Å²) in [4.78, 5) is 13.6. The van der Waals surface area contributed by atoms with Gasteiger partial charge in [0.05, 0.1) is 5.56 Å². The van der Waals surface area contributed by atoms with Crippen molar-refractivity contribution < 1.29 is 14.6 Å². The Kier molecular flexibility index (Phi) is 5.88. The zero-order valence-electron chi connectivity index (χ0n) is 17.9. The summed E-state index contributed by atoms with van der Waals surface area (Å²) in [6.07, 6.45) is 0.989. The average Bonchev–Trinajstić information content (AvgIpc) is 3.23. The number of fused-ring (bicyclic) bond motifs is 1. The predicted octanol–water partition coefficient (Wildman–Crippen LogP) is 7.17. The monoisotopic (exact) mass is 499 g/mol. The van der Waals surface area contributed by atoms with E-state index in [1.807, 2.05) is 48.5 Å². The van der Waals surface area contributed by atoms with Gasteiger partial charge >= 0.3 is 5.97 Å². The van der Waals surface area contributed by atoms with E-state index in [0.717, 1.165) is 46.6 Å². The highest BCUT2D eigenvalue weighted by atomic mass is 79.9. The number of nitrogens with zero attached hydrogens (tertiary/aromatic N) is 1. The molecule has 0 amide bonds. The lowest BCUT2D eigenvalue weighted by Crippen LogP contribution is -2.19. The third-order valence-electron chi connectivity index (χ3n) is 5.87. The minimum atomic E-state index is -0.925. The highest BCUT2D eigenvalue weighted by Crippen LogP contribution is 2.36. The zero-order chi connectivity index (χ0) is 22.8. The number of halogens is 1. The molecule has 5 rings (SSSR count). The van der Waals surface area contributed by atoms with Crippen molar-refractivity contribution in [2.45, 2.75) is 13.0 Å². The van der Waals surface area contributed by atoms with Crippen molar-refractivity contribution in [3.63, 3.8) is 0 Å². The molecule has 0 bridgehead atoms. The van der Waals surface area contributed by atoms with Crippen LogP contribution in [0.1, 0.15) is 21.5 Å². The van der Waals surface area contributed by atoms with E-state index in [1.54, 1.807) is 12.1 Å². The van der Waals surface area contributed by atoms with Crippen LogP contribution < -0.4 is 9.64 Å². The van der Waals surface area contributed by atoms with Crippen molar-refractivity contribution >= 4 is 27.6 Å². The van der Waals surface area contributed by atoms with Gasteiger partial charge in [0.1, 0.15) is 11.5 Å². The van der Waals surface area contributed by atoms with Gasteiger partial charge < -0.3 is 14.7 Å². The number of hydrogen-bond donors (Lipinski definition) is 1. The molecule has 33 heavy (non-hydrogen) atoms. The van der Waals surface area contributed by atoms with Gasteiger partial charge in [-0.05, 0) is 77.2 Å². The van der Waals surface area contributed by atoms with E-state index in [9.17, 15) is 9.90 Å². The van der Waals surface area contributed by atoms with Crippen LogP contribution in [0.25, 0.3) is 11.1 Å². The van der Waals surface area contributed by atoms with Gasteiger partial charge in [0.2, 0.25) is 0 Å². The molecule has 1 aliphatic heterocycles. The predicted molar refractivity (Wildman–Crippen MR) is 134 cm³/mol. The molecule has 164 valence electrons. The summed E-state index contributed by atoms with van der Waals surface area (Å²) in [5.74, 6) is 0.737. The Hall–Kier alpha value is -3.57. The van der Waals surface area contributed by atoms with Crippen molar-refractivity contribution in [3.8, 4) is 22.6 Å². The first-order chi connectivity index (χ1) is 16.1. The summed E-state index contributed by atoms with van der Waals surface area (Å²) in [5.41, 5.74) is 6.15. The molecule has 0 fully saturated rings. The van der Waals surface area contributed by atoms with Crippen LogP contribution in [0.2, 0.25) is 0 Å². The molecule has 0 atom stereocenters. The molecule has 4 aromatic rings. The largest absolute Gasteiger partial charge is 0.478 e. The third-order valence-corrected chi connectivity index (χ3v) is 6.53. The Morgan fingerprint density at radius 1 is 0.909 bits per heavy atom. The molecule has 5 heteroatoms. The van der Waals surface area contributed by atoms with Gasteiger partial charge in [-0.2, -0.15) is 0 Å². The molecular weight excluding hydrogens is 478 g/mol. The zero-order valence-corrected chi connectivity index (χ0v) is 19.5. The standard InChI is InChI=1S/C28H22BrNO3/c29-26-17-22(28(31)32)8-12-25(26)20-9-13-27-21(16-20)14-15-30(27)18-19-6-10-24(11-7-19)33-23-4-2-1-3-5-23/h1-13,16-17H,14-15,18H2,(H,31,32). The normalized spacial score (nSPS) is 12.5. The molecule has 1 heterocycles. The smallest absolute Gasteiger partial charge is 0.335 e. The Bertz CT molecular complexity index is 1300. The Labute approximate surface area is 201 Å². The third kappa shape index (κ3) is 4.64. The molecule has 1 aliphatic rings. The maximum absolute atomic E-state index is 11.2. The summed E-state index contributed by atoms with van der Waals surface area (Å²) >= 11 is 3.53. The number of benzene rings is 4. The number of hydrogen-bond acceptors (Lipinski definition) is 3. The highest BCUT2D eigenvalue weighted by molar-refractivity contribution is 9.10. The van der Waals surface area contributed by atoms with Gasteiger partial charge in [-0.15, -0.1) is 0 Å². The van der Waals surface area contributed by atoms with Crippen LogP contribution >= 0.6 is 15.9 Å². The van der Waals surface area contributed by atoms with Gasteiger partial charge in [-0.1, -0.05) is 58.4 Å². The van der Waals surface area contributed by atoms with E-state index >= 15 is 0 Å². The Balaban J connectivity index is 1.30. The SMILES string of the molecule is O=C(O)c1ccc(-c2ccc3c(c2)CCN3Cc2ccc(Oc3ccccc3)cc2)c(Br)c1. The number of para-hydroxylation sites is 1. The van der Waals surface area contributed by atoms with Crippen LogP contribution in [-0.4, -0.2) is 17.6 Å². The second kappa shape index (κ2) is 9.12. The number of carboxylic acid groups (broad SMARTS) is 1. The van der Waals surface area contributed by atoms with Crippen LogP contribution in [0.5, 0.6) is 11.5 Å². The maximum Gasteiger partial charge on any atom is 0.335 e. The van der Waals surface area contributed by atoms with Crippen molar-refractivity contribution in [1.82, 2.24) is 0 Å². The average molecular weight is 500 g/mol. The van der Waals surface area contributed by atoms with E-state index in [-0.39, 0.29) is 5.56 Å². The van der Waals surface area contributed by atoms with E-state index in [4.69, 9.17) is 4.74 Å². The van der Waals surface area contributed by atoms with Gasteiger partial charge in [0.25, 0.3) is 0 Å². The molecule has 4 nitrogen and oxygen atoms in total. The molecule has 0 radical (unpaired) electrons. The lowest BCUT2D eigenvalue weighted by Gasteiger charge is -2.20. The Morgan fingerprint density at radius 2 is 1.67 bits per heavy atom. The quantitative estimate of drug-likeness (QED) is 0.305. The second-order valence-corrected chi connectivity index (χ2v) is 8.93. The van der Waals surface area contributed by atoms with Crippen LogP contribution in [-0.2, 0) is 13.0 Å². The molecule has 0 unspecified atom stereocenters. The molecule has 0 aliphatic carbocycles. The topological polar surface area (TPSA) is 49.8 Å². The van der Waals surface area contributed by atoms with Crippen LogP contribution in [0.15, 0.2) is 95.5 Å². The summed E-state index contributed by atoms with van der Waals surface area (Å²) in [5, 5.41) is 9.20. The summed E-state index contributed by atoms with van der Waals surface area (Å²) in [6, 6.07) is 29.7. The molecule has 1 N–H and O–H groups in total. The molecule has 4 aromatic carbocycles. The van der Waals surface area contributed by atoms with Gasteiger partial charge in [-0.3, -0.25) is 0 Å². The van der Waals surface area contributed by atoms with Gasteiger partial charge in [0, 0.05) is 23.2 Å². The maximum atomic E-state index is 11.2. The number of rotatable bonds is 6. The molecule has 0 saturated heterocycles. The first-order valence-corrected chi connectivity index (χ1v) is 11.6. The van der Waals surface area contributed by atoms with E-state index in [0.29, 0.717) is 0 Å². The van der Waals surface area contributed by atoms with E-state index in [2.05, 4.69) is 51.2 Å². The summed E-state index contributed by atoms with van der Waals surface area (Å²) < 4.78 is 6.68. The minimum absolute atomic E-state index is 0.276. The lowest BCUT2D eigenvalue weighted by molar-refractivity contribution is 0.0697. The fraction of sp³-hybridized carbons (Fsp3) is 0.107. The molecule has 0 saturated carbocycles. The van der Waals surface area contributed by atoms with Crippen molar-refractivity contribution in [1.29, 1.82) is 0 Å². The van der Waals surface area contributed by atoms with Crippen LogP contribution in [0.3, 0.4) is 0 Å². The van der Waals surface area contributed by atoms with E-state index < -0.39 is 5.97 Å². The van der Waals surface area contributed by atoms with Crippen LogP contribution in [0.4, 0.5) is 5.69 Å². The molecule has 0 spiro atoms.